The van der Waals surface area contributed by atoms with Crippen molar-refractivity contribution in [1.82, 2.24) is 10.2 Å². The number of hydrogen-bond acceptors (Lipinski definition) is 4. The smallest absolute Gasteiger partial charge is 0.353 e. The highest BCUT2D eigenvalue weighted by atomic mass is 35.5. The molecule has 0 unspecified atom stereocenters. The fourth-order valence-electron chi connectivity index (χ4n) is 1.74. The summed E-state index contributed by atoms with van der Waals surface area (Å²) >= 11 is 6.04. The van der Waals surface area contributed by atoms with Crippen LogP contribution in [-0.2, 0) is 0 Å². The van der Waals surface area contributed by atoms with Gasteiger partial charge in [-0.2, -0.15) is 5.10 Å². The average Bonchev–Trinajstić information content (AvgIpc) is 2.83. The van der Waals surface area contributed by atoms with E-state index in [-0.39, 0.29) is 22.9 Å². The second-order valence-corrected chi connectivity index (χ2v) is 4.29. The summed E-state index contributed by atoms with van der Waals surface area (Å²) in [6, 6.07) is 2.81. The minimum atomic E-state index is -1.13. The molecule has 0 saturated carbocycles. The highest BCUT2D eigenvalue weighted by Crippen LogP contribution is 2.42. The summed E-state index contributed by atoms with van der Waals surface area (Å²) in [5, 5.41) is 25.6. The molecule has 1 heterocycles. The van der Waals surface area contributed by atoms with Crippen molar-refractivity contribution in [2.45, 2.75) is 6.92 Å². The molecule has 1 aromatic heterocycles. The lowest BCUT2D eigenvalue weighted by Crippen LogP contribution is -1.95. The first-order valence-electron chi connectivity index (χ1n) is 5.30. The number of aromatic carboxylic acids is 1. The number of nitrogens with one attached hydrogen (secondary N) is 1. The van der Waals surface area contributed by atoms with Gasteiger partial charge in [-0.05, 0) is 18.6 Å². The zero-order chi connectivity index (χ0) is 14.2. The molecule has 0 aliphatic rings. The van der Waals surface area contributed by atoms with Gasteiger partial charge in [-0.25, -0.2) is 4.79 Å². The molecule has 3 N–H and O–H groups in total. The molecule has 0 spiro atoms. The number of nitrogens with zero attached hydrogens (tertiary/aromatic N) is 1. The van der Waals surface area contributed by atoms with Gasteiger partial charge in [0.1, 0.15) is 5.69 Å². The number of benzene rings is 1. The highest BCUT2D eigenvalue weighted by molar-refractivity contribution is 6.32. The monoisotopic (exact) mass is 282 g/mol. The van der Waals surface area contributed by atoms with Crippen LogP contribution in [0.3, 0.4) is 0 Å². The number of rotatable bonds is 3. The number of phenols is 1. The summed E-state index contributed by atoms with van der Waals surface area (Å²) in [5.74, 6) is -1.07. The van der Waals surface area contributed by atoms with E-state index in [9.17, 15) is 9.90 Å². The Morgan fingerprint density at radius 3 is 2.68 bits per heavy atom. The van der Waals surface area contributed by atoms with Gasteiger partial charge in [-0.1, -0.05) is 11.6 Å². The molecule has 2 aromatic rings. The summed E-state index contributed by atoms with van der Waals surface area (Å²) in [5.41, 5.74) is 1.14. The van der Waals surface area contributed by atoms with Gasteiger partial charge in [-0.3, -0.25) is 5.10 Å². The fourth-order valence-corrected chi connectivity index (χ4v) is 1.93. The van der Waals surface area contributed by atoms with E-state index in [1.807, 2.05) is 0 Å². The third-order valence-corrected chi connectivity index (χ3v) is 3.14. The Labute approximate surface area is 113 Å². The summed E-state index contributed by atoms with van der Waals surface area (Å²) in [4.78, 5) is 10.8. The van der Waals surface area contributed by atoms with Crippen LogP contribution in [0.2, 0.25) is 5.02 Å². The van der Waals surface area contributed by atoms with Crippen molar-refractivity contribution in [3.8, 4) is 22.8 Å². The average molecular weight is 283 g/mol. The van der Waals surface area contributed by atoms with Crippen molar-refractivity contribution in [2.75, 3.05) is 7.11 Å². The second-order valence-electron chi connectivity index (χ2n) is 3.88. The number of halogens is 1. The van der Waals surface area contributed by atoms with Crippen LogP contribution in [0.15, 0.2) is 12.1 Å². The zero-order valence-corrected chi connectivity index (χ0v) is 10.9. The number of hydrogen-bond donors (Lipinski definition) is 3. The molecule has 0 bridgehead atoms. The minimum absolute atomic E-state index is 0.0762. The highest BCUT2D eigenvalue weighted by Gasteiger charge is 2.19. The van der Waals surface area contributed by atoms with Crippen LogP contribution in [0.25, 0.3) is 11.3 Å². The number of aromatic hydroxyl groups is 1. The predicted octanol–water partition coefficient (Wildman–Crippen LogP) is 2.45. The summed E-state index contributed by atoms with van der Waals surface area (Å²) in [6.07, 6.45) is 0. The number of carboxylic acids is 1. The predicted molar refractivity (Wildman–Crippen MR) is 68.9 cm³/mol. The number of H-pyrrole nitrogens is 1. The van der Waals surface area contributed by atoms with Gasteiger partial charge in [0.2, 0.25) is 0 Å². The van der Waals surface area contributed by atoms with Crippen molar-refractivity contribution in [2.24, 2.45) is 0 Å². The molecule has 0 amide bonds. The van der Waals surface area contributed by atoms with Crippen LogP contribution in [0, 0.1) is 6.92 Å². The standard InChI is InChI=1S/C12H11ClN2O4/c1-5-6(13)3-9(19-2)11(16)10(5)7-4-8(12(17)18)15-14-7/h3-4,16H,1-2H3,(H,14,15)(H,17,18). The van der Waals surface area contributed by atoms with Crippen LogP contribution in [0.1, 0.15) is 16.1 Å². The molecule has 0 aliphatic heterocycles. The maximum absolute atomic E-state index is 10.8. The molecule has 0 aliphatic carbocycles. The van der Waals surface area contributed by atoms with Crippen molar-refractivity contribution in [3.63, 3.8) is 0 Å². The van der Waals surface area contributed by atoms with Crippen LogP contribution in [0.4, 0.5) is 0 Å². The first-order valence-corrected chi connectivity index (χ1v) is 5.68. The molecule has 0 atom stereocenters. The van der Waals surface area contributed by atoms with Crippen molar-refractivity contribution < 1.29 is 19.7 Å². The molecule has 19 heavy (non-hydrogen) atoms. The third-order valence-electron chi connectivity index (χ3n) is 2.75. The van der Waals surface area contributed by atoms with E-state index in [4.69, 9.17) is 21.4 Å². The van der Waals surface area contributed by atoms with Gasteiger partial charge in [0.25, 0.3) is 0 Å². The Morgan fingerprint density at radius 1 is 1.47 bits per heavy atom. The second kappa shape index (κ2) is 4.81. The lowest BCUT2D eigenvalue weighted by Gasteiger charge is -2.11. The lowest BCUT2D eigenvalue weighted by molar-refractivity contribution is 0.0690. The Bertz CT molecular complexity index is 651. The fraction of sp³-hybridized carbons (Fsp3) is 0.167. The summed E-state index contributed by atoms with van der Waals surface area (Å²) in [6.45, 7) is 1.70. The Hall–Kier alpha value is -2.21. The molecular formula is C12H11ClN2O4. The van der Waals surface area contributed by atoms with Gasteiger partial charge in [0.05, 0.1) is 18.4 Å². The molecule has 0 radical (unpaired) electrons. The number of aromatic nitrogens is 2. The molecular weight excluding hydrogens is 272 g/mol. The van der Waals surface area contributed by atoms with E-state index < -0.39 is 5.97 Å². The van der Waals surface area contributed by atoms with Gasteiger partial charge in [-0.15, -0.1) is 0 Å². The van der Waals surface area contributed by atoms with E-state index >= 15 is 0 Å². The number of aromatic amines is 1. The van der Waals surface area contributed by atoms with Crippen LogP contribution in [-0.4, -0.2) is 33.5 Å². The first-order chi connectivity index (χ1) is 8.95. The SMILES string of the molecule is COc1cc(Cl)c(C)c(-c2cc(C(=O)O)[nH]n2)c1O. The van der Waals surface area contributed by atoms with E-state index in [2.05, 4.69) is 10.2 Å². The number of carboxylic acid groups (broad SMARTS) is 1. The van der Waals surface area contributed by atoms with E-state index in [0.29, 0.717) is 16.1 Å². The van der Waals surface area contributed by atoms with Gasteiger partial charge in [0.15, 0.2) is 11.5 Å². The lowest BCUT2D eigenvalue weighted by atomic mass is 10.0. The van der Waals surface area contributed by atoms with E-state index in [1.54, 1.807) is 6.92 Å². The van der Waals surface area contributed by atoms with Crippen LogP contribution in [0.5, 0.6) is 11.5 Å². The number of methoxy groups -OCH3 is 1. The van der Waals surface area contributed by atoms with Crippen molar-refractivity contribution in [3.05, 3.63) is 28.4 Å². The van der Waals surface area contributed by atoms with E-state index in [1.165, 1.54) is 19.2 Å². The minimum Gasteiger partial charge on any atom is -0.504 e. The molecule has 2 rings (SSSR count). The van der Waals surface area contributed by atoms with Crippen LogP contribution >= 0.6 is 11.6 Å². The molecule has 7 heteroatoms. The largest absolute Gasteiger partial charge is 0.504 e. The molecule has 100 valence electrons. The van der Waals surface area contributed by atoms with Gasteiger partial charge < -0.3 is 14.9 Å². The Morgan fingerprint density at radius 2 is 2.16 bits per heavy atom. The number of ether oxygens (including phenoxy) is 1. The normalized spacial score (nSPS) is 10.5. The van der Waals surface area contributed by atoms with Crippen molar-refractivity contribution >= 4 is 17.6 Å². The van der Waals surface area contributed by atoms with Crippen molar-refractivity contribution in [1.29, 1.82) is 0 Å². The van der Waals surface area contributed by atoms with Crippen LogP contribution < -0.4 is 4.74 Å². The quantitative estimate of drug-likeness (QED) is 0.803. The Kier molecular flexibility index (Phi) is 3.35. The first kappa shape index (κ1) is 13.2. The molecule has 0 saturated heterocycles. The van der Waals surface area contributed by atoms with Gasteiger partial charge >= 0.3 is 5.97 Å². The maximum Gasteiger partial charge on any atom is 0.353 e. The number of phenolic OH excluding ortho intramolecular Hbond substituents is 1. The molecule has 0 fully saturated rings. The molecule has 6 nitrogen and oxygen atoms in total. The third kappa shape index (κ3) is 2.22. The maximum atomic E-state index is 10.8. The van der Waals surface area contributed by atoms with Gasteiger partial charge in [0, 0.05) is 11.1 Å². The summed E-state index contributed by atoms with van der Waals surface area (Å²) < 4.78 is 5.01. The molecule has 1 aromatic carbocycles. The topological polar surface area (TPSA) is 95.4 Å². The Balaban J connectivity index is 2.66. The summed E-state index contributed by atoms with van der Waals surface area (Å²) in [7, 11) is 1.40. The number of carbonyl (C=O) groups is 1. The zero-order valence-electron chi connectivity index (χ0n) is 10.2. The van der Waals surface area contributed by atoms with E-state index in [0.717, 1.165) is 0 Å².